The van der Waals surface area contributed by atoms with E-state index in [4.69, 9.17) is 21.8 Å². The van der Waals surface area contributed by atoms with Crippen LogP contribution in [0, 0.1) is 0 Å². The SMILES string of the molecule is Nc1ncc2c(n1)CCN(Cc1ccc(-c3cc(C(F)(F)F)ccc3Cl)o1)C2. The van der Waals surface area contributed by atoms with Gasteiger partial charge in [-0.2, -0.15) is 13.2 Å². The molecule has 5 nitrogen and oxygen atoms in total. The number of hydrogen-bond acceptors (Lipinski definition) is 5. The predicted molar refractivity (Wildman–Crippen MR) is 98.4 cm³/mol. The van der Waals surface area contributed by atoms with Gasteiger partial charge in [0.1, 0.15) is 11.5 Å². The van der Waals surface area contributed by atoms with Crippen LogP contribution in [0.4, 0.5) is 19.1 Å². The van der Waals surface area contributed by atoms with Crippen molar-refractivity contribution in [2.75, 3.05) is 12.3 Å². The number of nitrogens with zero attached hydrogens (tertiary/aromatic N) is 3. The largest absolute Gasteiger partial charge is 0.460 e. The summed E-state index contributed by atoms with van der Waals surface area (Å²) in [5, 5.41) is 0.204. The summed E-state index contributed by atoms with van der Waals surface area (Å²) in [4.78, 5) is 10.4. The van der Waals surface area contributed by atoms with Gasteiger partial charge in [0.05, 0.1) is 22.8 Å². The van der Waals surface area contributed by atoms with Crippen LogP contribution in [-0.4, -0.2) is 21.4 Å². The molecule has 0 unspecified atom stereocenters. The molecule has 0 atom stereocenters. The molecule has 0 amide bonds. The topological polar surface area (TPSA) is 68.2 Å². The van der Waals surface area contributed by atoms with Crippen LogP contribution in [0.3, 0.4) is 0 Å². The molecule has 0 spiro atoms. The van der Waals surface area contributed by atoms with Crippen LogP contribution >= 0.6 is 11.6 Å². The first-order chi connectivity index (χ1) is 13.3. The second-order valence-corrected chi connectivity index (χ2v) is 7.03. The lowest BCUT2D eigenvalue weighted by atomic mass is 10.1. The summed E-state index contributed by atoms with van der Waals surface area (Å²) in [5.41, 5.74) is 7.02. The summed E-state index contributed by atoms with van der Waals surface area (Å²) < 4.78 is 44.7. The van der Waals surface area contributed by atoms with Crippen molar-refractivity contribution in [3.8, 4) is 11.3 Å². The van der Waals surface area contributed by atoms with E-state index in [0.29, 0.717) is 24.6 Å². The first kappa shape index (κ1) is 18.8. The fourth-order valence-corrected chi connectivity index (χ4v) is 3.45. The van der Waals surface area contributed by atoms with Gasteiger partial charge >= 0.3 is 6.18 Å². The molecule has 146 valence electrons. The average Bonchev–Trinajstić information content (AvgIpc) is 3.09. The van der Waals surface area contributed by atoms with E-state index in [2.05, 4.69) is 14.9 Å². The molecule has 0 saturated heterocycles. The first-order valence-electron chi connectivity index (χ1n) is 8.58. The molecule has 1 aromatic carbocycles. The van der Waals surface area contributed by atoms with Gasteiger partial charge in [0.2, 0.25) is 5.95 Å². The molecule has 0 fully saturated rings. The van der Waals surface area contributed by atoms with E-state index in [0.717, 1.165) is 36.4 Å². The Labute approximate surface area is 163 Å². The van der Waals surface area contributed by atoms with Gasteiger partial charge in [-0.1, -0.05) is 11.6 Å². The smallest absolute Gasteiger partial charge is 0.416 e. The molecule has 0 radical (unpaired) electrons. The van der Waals surface area contributed by atoms with Gasteiger partial charge < -0.3 is 10.2 Å². The molecule has 28 heavy (non-hydrogen) atoms. The highest BCUT2D eigenvalue weighted by Crippen LogP contribution is 2.36. The minimum Gasteiger partial charge on any atom is -0.460 e. The Morgan fingerprint density at radius 1 is 1.21 bits per heavy atom. The van der Waals surface area contributed by atoms with E-state index in [1.165, 1.54) is 6.07 Å². The molecule has 2 N–H and O–H groups in total. The van der Waals surface area contributed by atoms with Crippen LogP contribution in [0.1, 0.15) is 22.6 Å². The van der Waals surface area contributed by atoms with Crippen molar-refractivity contribution in [1.82, 2.24) is 14.9 Å². The lowest BCUT2D eigenvalue weighted by Crippen LogP contribution is -2.30. The number of nitrogen functional groups attached to an aromatic ring is 1. The zero-order valence-electron chi connectivity index (χ0n) is 14.6. The number of aromatic nitrogens is 2. The number of alkyl halides is 3. The van der Waals surface area contributed by atoms with Crippen LogP contribution < -0.4 is 5.73 Å². The summed E-state index contributed by atoms with van der Waals surface area (Å²) in [5.74, 6) is 1.21. The number of anilines is 1. The number of nitrogens with two attached hydrogens (primary N) is 1. The normalized spacial score (nSPS) is 14.9. The van der Waals surface area contributed by atoms with E-state index in [-0.39, 0.29) is 16.5 Å². The third-order valence-corrected chi connectivity index (χ3v) is 4.96. The van der Waals surface area contributed by atoms with Gasteiger partial charge in [-0.3, -0.25) is 4.90 Å². The molecule has 3 heterocycles. The number of benzene rings is 1. The third-order valence-electron chi connectivity index (χ3n) is 4.63. The van der Waals surface area contributed by atoms with Gasteiger partial charge in [-0.25, -0.2) is 9.97 Å². The molecule has 1 aliphatic rings. The van der Waals surface area contributed by atoms with Crippen molar-refractivity contribution in [1.29, 1.82) is 0 Å². The number of halogens is 4. The summed E-state index contributed by atoms with van der Waals surface area (Å²) in [6.07, 6.45) is -1.98. The Balaban J connectivity index is 1.52. The van der Waals surface area contributed by atoms with Gasteiger partial charge in [-0.15, -0.1) is 0 Å². The highest BCUT2D eigenvalue weighted by Gasteiger charge is 2.31. The summed E-state index contributed by atoms with van der Waals surface area (Å²) in [6, 6.07) is 6.58. The number of hydrogen-bond donors (Lipinski definition) is 1. The van der Waals surface area contributed by atoms with Crippen molar-refractivity contribution >= 4 is 17.5 Å². The van der Waals surface area contributed by atoms with Crippen LogP contribution in [0.25, 0.3) is 11.3 Å². The fourth-order valence-electron chi connectivity index (χ4n) is 3.24. The Bertz CT molecular complexity index is 1020. The van der Waals surface area contributed by atoms with Crippen LogP contribution in [-0.2, 0) is 25.7 Å². The van der Waals surface area contributed by atoms with Crippen LogP contribution in [0.15, 0.2) is 40.9 Å². The van der Waals surface area contributed by atoms with Crippen LogP contribution in [0.2, 0.25) is 5.02 Å². The molecule has 0 bridgehead atoms. The van der Waals surface area contributed by atoms with E-state index in [1.807, 2.05) is 0 Å². The summed E-state index contributed by atoms with van der Waals surface area (Å²) in [7, 11) is 0. The summed E-state index contributed by atoms with van der Waals surface area (Å²) in [6.45, 7) is 1.93. The molecular formula is C19H16ClF3N4O. The number of fused-ring (bicyclic) bond motifs is 1. The quantitative estimate of drug-likeness (QED) is 0.688. The predicted octanol–water partition coefficient (Wildman–Crippen LogP) is 4.55. The maximum absolute atomic E-state index is 13.0. The van der Waals surface area contributed by atoms with Crippen molar-refractivity contribution < 1.29 is 17.6 Å². The Kier molecular flexibility index (Phi) is 4.76. The van der Waals surface area contributed by atoms with E-state index < -0.39 is 11.7 Å². The molecule has 2 aromatic heterocycles. The van der Waals surface area contributed by atoms with Gasteiger partial charge in [-0.05, 0) is 30.3 Å². The van der Waals surface area contributed by atoms with Gasteiger partial charge in [0, 0.05) is 36.8 Å². The molecule has 1 aliphatic heterocycles. The van der Waals surface area contributed by atoms with Crippen molar-refractivity contribution in [3.63, 3.8) is 0 Å². The Morgan fingerprint density at radius 3 is 2.82 bits per heavy atom. The highest BCUT2D eigenvalue weighted by molar-refractivity contribution is 6.33. The van der Waals surface area contributed by atoms with Crippen LogP contribution in [0.5, 0.6) is 0 Å². The van der Waals surface area contributed by atoms with E-state index in [9.17, 15) is 13.2 Å². The lowest BCUT2D eigenvalue weighted by Gasteiger charge is -2.26. The third kappa shape index (κ3) is 3.83. The highest BCUT2D eigenvalue weighted by atomic mass is 35.5. The maximum atomic E-state index is 13.0. The number of rotatable bonds is 3. The monoisotopic (exact) mass is 408 g/mol. The second-order valence-electron chi connectivity index (χ2n) is 6.62. The molecule has 9 heteroatoms. The van der Waals surface area contributed by atoms with E-state index in [1.54, 1.807) is 18.3 Å². The number of furan rings is 1. The molecule has 3 aromatic rings. The van der Waals surface area contributed by atoms with Crippen molar-refractivity contribution in [2.45, 2.75) is 25.7 Å². The molecule has 4 rings (SSSR count). The lowest BCUT2D eigenvalue weighted by molar-refractivity contribution is -0.137. The maximum Gasteiger partial charge on any atom is 0.416 e. The molecular weight excluding hydrogens is 393 g/mol. The first-order valence-corrected chi connectivity index (χ1v) is 8.96. The Morgan fingerprint density at radius 2 is 2.04 bits per heavy atom. The molecule has 0 saturated carbocycles. The summed E-state index contributed by atoms with van der Waals surface area (Å²) >= 11 is 6.09. The molecule has 0 aliphatic carbocycles. The average molecular weight is 409 g/mol. The van der Waals surface area contributed by atoms with Crippen molar-refractivity contribution in [2.24, 2.45) is 0 Å². The Hall–Kier alpha value is -2.58. The zero-order valence-corrected chi connectivity index (χ0v) is 15.4. The minimum absolute atomic E-state index is 0.204. The fraction of sp³-hybridized carbons (Fsp3) is 0.263. The second kappa shape index (κ2) is 7.10. The van der Waals surface area contributed by atoms with E-state index >= 15 is 0 Å². The standard InChI is InChI=1S/C19H16ClF3N4O/c20-15-3-1-12(19(21,22)23)7-14(15)17-4-2-13(28-17)10-27-6-5-16-11(9-27)8-25-18(24)26-16/h1-4,7-8H,5-6,9-10H2,(H2,24,25,26). The van der Waals surface area contributed by atoms with Gasteiger partial charge in [0.25, 0.3) is 0 Å². The van der Waals surface area contributed by atoms with Gasteiger partial charge in [0.15, 0.2) is 0 Å². The zero-order chi connectivity index (χ0) is 19.9. The van der Waals surface area contributed by atoms with Crippen molar-refractivity contribution in [3.05, 3.63) is 64.1 Å². The minimum atomic E-state index is -4.44.